The Labute approximate surface area is 167 Å². The van der Waals surface area contributed by atoms with Crippen LogP contribution in [0.4, 0.5) is 0 Å². The second-order valence-electron chi connectivity index (χ2n) is 6.88. The molecule has 3 rings (SSSR count). The highest BCUT2D eigenvalue weighted by Gasteiger charge is 2.64. The van der Waals surface area contributed by atoms with E-state index in [0.717, 1.165) is 0 Å². The number of carbonyl (C=O) groups is 4. The molecule has 0 aliphatic carbocycles. The maximum absolute atomic E-state index is 12.6. The fourth-order valence-electron chi connectivity index (χ4n) is 3.48. The Kier molecular flexibility index (Phi) is 4.98. The first-order chi connectivity index (χ1) is 12.6. The van der Waals surface area contributed by atoms with Gasteiger partial charge in [0.05, 0.1) is 0 Å². The summed E-state index contributed by atoms with van der Waals surface area (Å²) in [5.41, 5.74) is 0.272. The average molecular weight is 457 g/mol. The lowest BCUT2D eigenvalue weighted by molar-refractivity contribution is -0.161. The lowest BCUT2D eigenvalue weighted by Gasteiger charge is -2.43. The number of thioether (sulfide) groups is 1. The molecule has 2 amide bonds. The van der Waals surface area contributed by atoms with Crippen LogP contribution in [0.5, 0.6) is 0 Å². The van der Waals surface area contributed by atoms with E-state index >= 15 is 0 Å². The van der Waals surface area contributed by atoms with E-state index < -0.39 is 51.9 Å². The predicted octanol–water partition coefficient (Wildman–Crippen LogP) is 1.25. The molecule has 4 atom stereocenters. The van der Waals surface area contributed by atoms with Gasteiger partial charge in [0, 0.05) is 9.22 Å². The second-order valence-corrected chi connectivity index (χ2v) is 9.50. The number of hydrogen-bond donors (Lipinski definition) is 3. The molecule has 0 aromatic heterocycles. The number of nitrogens with zero attached hydrogens (tertiary/aromatic N) is 1. The fraction of sp³-hybridized carbons (Fsp3) is 0.412. The molecule has 3 unspecified atom stereocenters. The number of carboxylic acid groups (broad SMARTS) is 2. The highest BCUT2D eigenvalue weighted by molar-refractivity contribution is 9.10. The van der Waals surface area contributed by atoms with Crippen molar-refractivity contribution in [2.45, 2.75) is 42.0 Å². The molecule has 10 heteroatoms. The summed E-state index contributed by atoms with van der Waals surface area (Å²) in [7, 11) is 0. The van der Waals surface area contributed by atoms with Crippen LogP contribution in [0.3, 0.4) is 0 Å². The number of halogens is 1. The molecule has 0 saturated carbocycles. The van der Waals surface area contributed by atoms with E-state index in [1.807, 2.05) is 0 Å². The van der Waals surface area contributed by atoms with Crippen LogP contribution < -0.4 is 5.32 Å². The molecule has 2 saturated heterocycles. The van der Waals surface area contributed by atoms with Crippen molar-refractivity contribution in [1.82, 2.24) is 10.2 Å². The Balaban J connectivity index is 1.81. The molecule has 1 aromatic carbocycles. The van der Waals surface area contributed by atoms with E-state index in [0.29, 0.717) is 4.47 Å². The van der Waals surface area contributed by atoms with Crippen molar-refractivity contribution < 1.29 is 29.4 Å². The second kappa shape index (κ2) is 6.83. The van der Waals surface area contributed by atoms with E-state index in [1.54, 1.807) is 32.0 Å². The van der Waals surface area contributed by atoms with Crippen LogP contribution in [0.25, 0.3) is 0 Å². The monoisotopic (exact) mass is 456 g/mol. The zero-order valence-electron chi connectivity index (χ0n) is 14.4. The summed E-state index contributed by atoms with van der Waals surface area (Å²) >= 11 is 4.52. The molecule has 27 heavy (non-hydrogen) atoms. The summed E-state index contributed by atoms with van der Waals surface area (Å²) in [4.78, 5) is 49.5. The van der Waals surface area contributed by atoms with E-state index in [1.165, 1.54) is 22.7 Å². The van der Waals surface area contributed by atoms with Crippen molar-refractivity contribution in [1.29, 1.82) is 0 Å². The van der Waals surface area contributed by atoms with Crippen LogP contribution in [-0.2, 0) is 19.2 Å². The fourth-order valence-corrected chi connectivity index (χ4v) is 5.62. The Morgan fingerprint density at radius 2 is 1.89 bits per heavy atom. The third-order valence-corrected chi connectivity index (χ3v) is 6.99. The maximum Gasteiger partial charge on any atom is 0.327 e. The first kappa shape index (κ1) is 19.7. The third-order valence-electron chi connectivity index (χ3n) is 4.70. The molecule has 0 spiro atoms. The van der Waals surface area contributed by atoms with Gasteiger partial charge >= 0.3 is 11.9 Å². The van der Waals surface area contributed by atoms with Gasteiger partial charge in [0.2, 0.25) is 11.8 Å². The average Bonchev–Trinajstić information content (AvgIpc) is 2.82. The normalized spacial score (nSPS) is 26.7. The van der Waals surface area contributed by atoms with Crippen LogP contribution >= 0.6 is 27.7 Å². The standard InChI is InChI=1S/C17H17BrN2O6S/c1-17(2)11(16(25)26)20-13(22)10(14(20)27-17)19-12(21)9(15(23)24)7-5-3-4-6-8(7)18/h3-6,9-11,14H,1-2H3,(H,19,21)(H,23,24)(H,25,26)/t9?,10?,11?,14-/m1/s1. The molecule has 0 radical (unpaired) electrons. The summed E-state index contributed by atoms with van der Waals surface area (Å²) in [5, 5.41) is 20.9. The number of rotatable bonds is 5. The third kappa shape index (κ3) is 3.20. The number of benzene rings is 1. The number of aliphatic carboxylic acids is 2. The van der Waals surface area contributed by atoms with Crippen molar-refractivity contribution in [3.05, 3.63) is 34.3 Å². The van der Waals surface area contributed by atoms with Gasteiger partial charge in [-0.3, -0.25) is 14.4 Å². The summed E-state index contributed by atoms with van der Waals surface area (Å²) in [5.74, 6) is -5.27. The topological polar surface area (TPSA) is 124 Å². The van der Waals surface area contributed by atoms with Crippen molar-refractivity contribution in [3.8, 4) is 0 Å². The van der Waals surface area contributed by atoms with Gasteiger partial charge in [0.15, 0.2) is 5.92 Å². The van der Waals surface area contributed by atoms with Crippen molar-refractivity contribution in [3.63, 3.8) is 0 Å². The van der Waals surface area contributed by atoms with Gasteiger partial charge in [-0.05, 0) is 25.5 Å². The molecule has 8 nitrogen and oxygen atoms in total. The van der Waals surface area contributed by atoms with Gasteiger partial charge in [0.1, 0.15) is 17.5 Å². The molecule has 0 bridgehead atoms. The summed E-state index contributed by atoms with van der Waals surface area (Å²) in [6.07, 6.45) is 0. The molecule has 2 aliphatic rings. The van der Waals surface area contributed by atoms with Gasteiger partial charge in [0.25, 0.3) is 0 Å². The molecule has 144 valence electrons. The number of β-lactam (4-membered cyclic amide) rings is 1. The molecule has 3 N–H and O–H groups in total. The number of hydrogen-bond acceptors (Lipinski definition) is 5. The largest absolute Gasteiger partial charge is 0.480 e. The van der Waals surface area contributed by atoms with Crippen molar-refractivity contribution in [2.75, 3.05) is 0 Å². The van der Waals surface area contributed by atoms with Gasteiger partial charge < -0.3 is 20.4 Å². The molecule has 1 aromatic rings. The Morgan fingerprint density at radius 3 is 2.44 bits per heavy atom. The van der Waals surface area contributed by atoms with Gasteiger partial charge in [-0.15, -0.1) is 11.8 Å². The number of fused-ring (bicyclic) bond motifs is 1. The Morgan fingerprint density at radius 1 is 1.26 bits per heavy atom. The zero-order chi connectivity index (χ0) is 20.1. The van der Waals surface area contributed by atoms with Crippen molar-refractivity contribution >= 4 is 51.4 Å². The van der Waals surface area contributed by atoms with E-state index in [2.05, 4.69) is 21.2 Å². The predicted molar refractivity (Wildman–Crippen MR) is 100 cm³/mol. The van der Waals surface area contributed by atoms with E-state index in [9.17, 15) is 29.4 Å². The number of amides is 2. The molecular formula is C17H17BrN2O6S. The van der Waals surface area contributed by atoms with Gasteiger partial charge in [-0.25, -0.2) is 4.79 Å². The highest BCUT2D eigenvalue weighted by atomic mass is 79.9. The van der Waals surface area contributed by atoms with Crippen molar-refractivity contribution in [2.24, 2.45) is 0 Å². The molecule has 2 fully saturated rings. The summed E-state index contributed by atoms with van der Waals surface area (Å²) < 4.78 is -0.253. The summed E-state index contributed by atoms with van der Waals surface area (Å²) in [6, 6.07) is 4.52. The molecule has 2 aliphatic heterocycles. The SMILES string of the molecule is CC1(C)S[C@@H]2C(NC(=O)C(C(=O)O)c3ccccc3Br)C(=O)N2C1C(=O)O. The molecule has 2 heterocycles. The van der Waals surface area contributed by atoms with Crippen LogP contribution in [0.15, 0.2) is 28.7 Å². The molecular weight excluding hydrogens is 440 g/mol. The lowest BCUT2D eigenvalue weighted by atomic mass is 9.94. The number of carbonyl (C=O) groups excluding carboxylic acids is 2. The Bertz CT molecular complexity index is 844. The first-order valence-corrected chi connectivity index (χ1v) is 9.74. The number of carboxylic acids is 2. The van der Waals surface area contributed by atoms with Gasteiger partial charge in [-0.2, -0.15) is 0 Å². The minimum absolute atomic E-state index is 0.272. The lowest BCUT2D eigenvalue weighted by Crippen LogP contribution is -2.71. The van der Waals surface area contributed by atoms with Crippen LogP contribution in [0.2, 0.25) is 0 Å². The van der Waals surface area contributed by atoms with Crippen LogP contribution in [0, 0.1) is 0 Å². The minimum Gasteiger partial charge on any atom is -0.480 e. The quantitative estimate of drug-likeness (QED) is 0.449. The van der Waals surface area contributed by atoms with Crippen LogP contribution in [-0.4, -0.2) is 61.1 Å². The minimum atomic E-state index is -1.49. The van der Waals surface area contributed by atoms with Gasteiger partial charge in [-0.1, -0.05) is 34.1 Å². The highest BCUT2D eigenvalue weighted by Crippen LogP contribution is 2.50. The van der Waals surface area contributed by atoms with E-state index in [-0.39, 0.29) is 5.56 Å². The van der Waals surface area contributed by atoms with E-state index in [4.69, 9.17) is 0 Å². The smallest absolute Gasteiger partial charge is 0.327 e. The Hall–Kier alpha value is -2.07. The zero-order valence-corrected chi connectivity index (χ0v) is 16.8. The summed E-state index contributed by atoms with van der Waals surface area (Å²) in [6.45, 7) is 3.45. The van der Waals surface area contributed by atoms with Crippen LogP contribution in [0.1, 0.15) is 25.3 Å². The maximum atomic E-state index is 12.6. The number of nitrogens with one attached hydrogen (secondary N) is 1. The first-order valence-electron chi connectivity index (χ1n) is 8.06.